The molecular weight excluding hydrogens is 222 g/mol. The van der Waals surface area contributed by atoms with Crippen LogP contribution in [0, 0.1) is 6.92 Å². The van der Waals surface area contributed by atoms with Crippen LogP contribution < -0.4 is 11.5 Å². The molecule has 0 atom stereocenters. The van der Waals surface area contributed by atoms with E-state index in [1.54, 1.807) is 24.5 Å². The second kappa shape index (κ2) is 4.36. The minimum Gasteiger partial charge on any atom is -0.396 e. The third kappa shape index (κ3) is 2.40. The van der Waals surface area contributed by atoms with E-state index in [0.29, 0.717) is 16.7 Å². The molecule has 0 aliphatic heterocycles. The van der Waals surface area contributed by atoms with Gasteiger partial charge in [0.1, 0.15) is 10.8 Å². The maximum absolute atomic E-state index is 5.61. The maximum Gasteiger partial charge on any atom is 0.193 e. The lowest BCUT2D eigenvalue weighted by Gasteiger charge is -2.02. The van der Waals surface area contributed by atoms with Gasteiger partial charge in [0, 0.05) is 12.4 Å². The zero-order valence-electron chi connectivity index (χ0n) is 8.71. The van der Waals surface area contributed by atoms with E-state index >= 15 is 0 Å². The lowest BCUT2D eigenvalue weighted by Crippen LogP contribution is -1.98. The van der Waals surface area contributed by atoms with E-state index in [0.717, 1.165) is 10.6 Å². The number of nitrogens with zero attached hydrogens (tertiary/aromatic N) is 3. The molecule has 0 aliphatic carbocycles. The molecule has 0 saturated carbocycles. The number of nitrogens with two attached hydrogens (primary N) is 2. The van der Waals surface area contributed by atoms with Gasteiger partial charge in [-0.3, -0.25) is 0 Å². The first-order valence-corrected chi connectivity index (χ1v) is 5.45. The average Bonchev–Trinajstić information content (AvgIpc) is 2.27. The monoisotopic (exact) mass is 233 g/mol. The van der Waals surface area contributed by atoms with Crippen molar-refractivity contribution in [1.29, 1.82) is 0 Å². The molecule has 2 aromatic heterocycles. The lowest BCUT2D eigenvalue weighted by atomic mass is 10.4. The summed E-state index contributed by atoms with van der Waals surface area (Å²) in [5.74, 6) is 0.331. The molecular formula is C10H11N5S. The number of rotatable bonds is 2. The Balaban J connectivity index is 2.20. The van der Waals surface area contributed by atoms with E-state index in [4.69, 9.17) is 11.5 Å². The van der Waals surface area contributed by atoms with Crippen LogP contribution in [0.1, 0.15) is 5.56 Å². The molecule has 0 saturated heterocycles. The number of aryl methyl sites for hydroxylation is 1. The summed E-state index contributed by atoms with van der Waals surface area (Å²) in [5.41, 5.74) is 12.7. The first-order chi connectivity index (χ1) is 7.65. The van der Waals surface area contributed by atoms with Gasteiger partial charge in [-0.2, -0.15) is 0 Å². The fourth-order valence-electron chi connectivity index (χ4n) is 1.05. The molecule has 2 rings (SSSR count). The fourth-order valence-corrected chi connectivity index (χ4v) is 1.73. The van der Waals surface area contributed by atoms with Crippen molar-refractivity contribution in [2.75, 3.05) is 11.5 Å². The van der Waals surface area contributed by atoms with Crippen molar-refractivity contribution in [3.63, 3.8) is 0 Å². The summed E-state index contributed by atoms with van der Waals surface area (Å²) in [6.45, 7) is 1.94. The van der Waals surface area contributed by atoms with Crippen LogP contribution in [0.15, 0.2) is 34.7 Å². The number of nitrogen functional groups attached to an aromatic ring is 2. The molecule has 0 spiro atoms. The standard InChI is InChI=1S/C10H11N5S/c1-6-4-13-10(14-5-6)16-8-3-2-7(11)9(12)15-8/h2-5H,11H2,1H3,(H2,12,15). The molecule has 0 aromatic carbocycles. The minimum absolute atomic E-state index is 0.331. The molecule has 82 valence electrons. The molecule has 2 aromatic rings. The van der Waals surface area contributed by atoms with Gasteiger partial charge in [-0.05, 0) is 36.4 Å². The van der Waals surface area contributed by atoms with Crippen LogP contribution in [-0.2, 0) is 0 Å². The van der Waals surface area contributed by atoms with E-state index in [2.05, 4.69) is 15.0 Å². The van der Waals surface area contributed by atoms with Gasteiger partial charge in [0.25, 0.3) is 0 Å². The van der Waals surface area contributed by atoms with Crippen molar-refractivity contribution in [3.8, 4) is 0 Å². The highest BCUT2D eigenvalue weighted by Crippen LogP contribution is 2.24. The zero-order chi connectivity index (χ0) is 11.5. The molecule has 4 N–H and O–H groups in total. The topological polar surface area (TPSA) is 90.7 Å². The third-order valence-corrected chi connectivity index (χ3v) is 2.71. The molecule has 5 nitrogen and oxygen atoms in total. The van der Waals surface area contributed by atoms with Crippen molar-refractivity contribution in [2.45, 2.75) is 17.1 Å². The Kier molecular flexibility index (Phi) is 2.91. The van der Waals surface area contributed by atoms with Crippen LogP contribution >= 0.6 is 11.8 Å². The van der Waals surface area contributed by atoms with E-state index in [-0.39, 0.29) is 0 Å². The van der Waals surface area contributed by atoms with Gasteiger partial charge in [0.15, 0.2) is 5.16 Å². The van der Waals surface area contributed by atoms with Crippen molar-refractivity contribution >= 4 is 23.3 Å². The molecule has 2 heterocycles. The summed E-state index contributed by atoms with van der Waals surface area (Å²) in [7, 11) is 0. The zero-order valence-corrected chi connectivity index (χ0v) is 9.53. The van der Waals surface area contributed by atoms with E-state index in [9.17, 15) is 0 Å². The first-order valence-electron chi connectivity index (χ1n) is 4.63. The number of anilines is 2. The summed E-state index contributed by atoms with van der Waals surface area (Å²) < 4.78 is 0. The van der Waals surface area contributed by atoms with Crippen LogP contribution in [-0.4, -0.2) is 15.0 Å². The van der Waals surface area contributed by atoms with E-state index in [1.807, 2.05) is 6.92 Å². The maximum atomic E-state index is 5.61. The number of pyridine rings is 1. The summed E-state index contributed by atoms with van der Waals surface area (Å²) in [6.07, 6.45) is 3.52. The number of hydrogen-bond donors (Lipinski definition) is 2. The Hall–Kier alpha value is -1.82. The van der Waals surface area contributed by atoms with E-state index in [1.165, 1.54) is 11.8 Å². The van der Waals surface area contributed by atoms with E-state index < -0.39 is 0 Å². The normalized spacial score (nSPS) is 10.3. The van der Waals surface area contributed by atoms with Crippen molar-refractivity contribution in [2.24, 2.45) is 0 Å². The average molecular weight is 233 g/mol. The predicted molar refractivity (Wildman–Crippen MR) is 64.0 cm³/mol. The summed E-state index contributed by atoms with van der Waals surface area (Å²) in [6, 6.07) is 3.51. The van der Waals surface area contributed by atoms with Gasteiger partial charge in [-0.1, -0.05) is 0 Å². The van der Waals surface area contributed by atoms with Crippen molar-refractivity contribution in [3.05, 3.63) is 30.1 Å². The predicted octanol–water partition coefficient (Wildman–Crippen LogP) is 1.50. The van der Waals surface area contributed by atoms with Crippen LogP contribution in [0.4, 0.5) is 11.5 Å². The smallest absolute Gasteiger partial charge is 0.193 e. The van der Waals surface area contributed by atoms with Crippen LogP contribution in [0.5, 0.6) is 0 Å². The Morgan fingerprint density at radius 1 is 1.12 bits per heavy atom. The fraction of sp³-hybridized carbons (Fsp3) is 0.100. The molecule has 16 heavy (non-hydrogen) atoms. The van der Waals surface area contributed by atoms with Crippen LogP contribution in [0.3, 0.4) is 0 Å². The SMILES string of the molecule is Cc1cnc(Sc2ccc(N)c(N)n2)nc1. The van der Waals surface area contributed by atoms with Crippen LogP contribution in [0.25, 0.3) is 0 Å². The Bertz CT molecular complexity index is 497. The molecule has 0 bridgehead atoms. The van der Waals surface area contributed by atoms with Crippen molar-refractivity contribution in [1.82, 2.24) is 15.0 Å². The molecule has 0 aliphatic rings. The lowest BCUT2D eigenvalue weighted by molar-refractivity contribution is 0.945. The largest absolute Gasteiger partial charge is 0.396 e. The quantitative estimate of drug-likeness (QED) is 0.764. The molecule has 0 radical (unpaired) electrons. The highest BCUT2D eigenvalue weighted by molar-refractivity contribution is 7.99. The van der Waals surface area contributed by atoms with Gasteiger partial charge in [0.05, 0.1) is 5.69 Å². The minimum atomic E-state index is 0.331. The van der Waals surface area contributed by atoms with Crippen LogP contribution in [0.2, 0.25) is 0 Å². The first kappa shape index (κ1) is 10.7. The molecule has 0 unspecified atom stereocenters. The van der Waals surface area contributed by atoms with Gasteiger partial charge in [-0.25, -0.2) is 15.0 Å². The summed E-state index contributed by atoms with van der Waals surface area (Å²) >= 11 is 1.35. The Morgan fingerprint density at radius 3 is 2.44 bits per heavy atom. The number of aromatic nitrogens is 3. The highest BCUT2D eigenvalue weighted by atomic mass is 32.2. The van der Waals surface area contributed by atoms with Gasteiger partial charge in [0.2, 0.25) is 0 Å². The third-order valence-electron chi connectivity index (χ3n) is 1.88. The second-order valence-electron chi connectivity index (χ2n) is 3.27. The molecule has 6 heteroatoms. The number of hydrogen-bond acceptors (Lipinski definition) is 6. The Labute approximate surface area is 97.3 Å². The Morgan fingerprint density at radius 2 is 1.81 bits per heavy atom. The molecule has 0 amide bonds. The highest BCUT2D eigenvalue weighted by Gasteiger charge is 2.03. The molecule has 0 fully saturated rings. The van der Waals surface area contributed by atoms with Gasteiger partial charge in [-0.15, -0.1) is 0 Å². The van der Waals surface area contributed by atoms with Crippen molar-refractivity contribution < 1.29 is 0 Å². The van der Waals surface area contributed by atoms with Gasteiger partial charge >= 0.3 is 0 Å². The van der Waals surface area contributed by atoms with Gasteiger partial charge < -0.3 is 11.5 Å². The second-order valence-corrected chi connectivity index (χ2v) is 4.26. The summed E-state index contributed by atoms with van der Waals surface area (Å²) in [4.78, 5) is 12.5. The summed E-state index contributed by atoms with van der Waals surface area (Å²) in [5, 5.41) is 1.37.